The van der Waals surface area contributed by atoms with Crippen LogP contribution in [0, 0.1) is 24.4 Å². The van der Waals surface area contributed by atoms with E-state index < -0.39 is 11.6 Å². The van der Waals surface area contributed by atoms with Crippen molar-refractivity contribution < 1.29 is 13.2 Å². The predicted molar refractivity (Wildman–Crippen MR) is 68.5 cm³/mol. The summed E-state index contributed by atoms with van der Waals surface area (Å²) in [5.41, 5.74) is 2.35. The Morgan fingerprint density at radius 2 is 1.47 bits per heavy atom. The van der Waals surface area contributed by atoms with Crippen molar-refractivity contribution in [3.8, 4) is 11.1 Å². The summed E-state index contributed by atoms with van der Waals surface area (Å²) < 4.78 is 41.7. The van der Waals surface area contributed by atoms with Gasteiger partial charge in [0.25, 0.3) is 0 Å². The van der Waals surface area contributed by atoms with Crippen molar-refractivity contribution in [2.75, 3.05) is 0 Å². The molecule has 1 aliphatic carbocycles. The first-order chi connectivity index (χ1) is 9.08. The van der Waals surface area contributed by atoms with Crippen LogP contribution in [0.4, 0.5) is 13.2 Å². The zero-order valence-corrected chi connectivity index (χ0v) is 10.6. The number of aryl methyl sites for hydroxylation is 1. The van der Waals surface area contributed by atoms with Crippen LogP contribution in [0.15, 0.2) is 24.3 Å². The number of halogens is 3. The molecular formula is C16H13F3. The van der Waals surface area contributed by atoms with E-state index in [0.29, 0.717) is 29.5 Å². The fourth-order valence-corrected chi connectivity index (χ4v) is 2.85. The zero-order valence-electron chi connectivity index (χ0n) is 10.6. The van der Waals surface area contributed by atoms with Gasteiger partial charge in [0.05, 0.1) is 5.56 Å². The van der Waals surface area contributed by atoms with E-state index in [1.54, 1.807) is 6.92 Å². The normalized spacial score (nSPS) is 13.7. The molecule has 0 atom stereocenters. The molecule has 0 saturated carbocycles. The Bertz CT molecular complexity index is 636. The summed E-state index contributed by atoms with van der Waals surface area (Å²) >= 11 is 0. The lowest BCUT2D eigenvalue weighted by atomic mass is 9.95. The summed E-state index contributed by atoms with van der Waals surface area (Å²) in [6.07, 6.45) is 2.15. The molecule has 98 valence electrons. The van der Waals surface area contributed by atoms with Crippen LogP contribution in [0.2, 0.25) is 0 Å². The average molecular weight is 262 g/mol. The van der Waals surface area contributed by atoms with E-state index in [9.17, 15) is 13.2 Å². The minimum atomic E-state index is -0.585. The third-order valence-corrected chi connectivity index (χ3v) is 3.68. The van der Waals surface area contributed by atoms with Gasteiger partial charge in [-0.05, 0) is 66.6 Å². The average Bonchev–Trinajstić information content (AvgIpc) is 2.80. The molecule has 0 saturated heterocycles. The Morgan fingerprint density at radius 1 is 0.842 bits per heavy atom. The largest absolute Gasteiger partial charge is 0.207 e. The lowest BCUT2D eigenvalue weighted by molar-refractivity contribution is 0.586. The summed E-state index contributed by atoms with van der Waals surface area (Å²) in [6.45, 7) is 1.64. The van der Waals surface area contributed by atoms with Crippen molar-refractivity contribution >= 4 is 0 Å². The van der Waals surface area contributed by atoms with Crippen LogP contribution in [0.5, 0.6) is 0 Å². The van der Waals surface area contributed by atoms with Crippen LogP contribution < -0.4 is 0 Å². The molecule has 2 aromatic carbocycles. The third-order valence-electron chi connectivity index (χ3n) is 3.68. The van der Waals surface area contributed by atoms with E-state index in [4.69, 9.17) is 0 Å². The molecule has 0 bridgehead atoms. The van der Waals surface area contributed by atoms with Crippen molar-refractivity contribution in [2.24, 2.45) is 0 Å². The van der Waals surface area contributed by atoms with Gasteiger partial charge in [0, 0.05) is 0 Å². The molecule has 0 spiro atoms. The molecule has 0 radical (unpaired) electrons. The van der Waals surface area contributed by atoms with Crippen LogP contribution in [-0.2, 0) is 12.8 Å². The molecule has 3 rings (SSSR count). The van der Waals surface area contributed by atoms with Gasteiger partial charge in [0.15, 0.2) is 0 Å². The monoisotopic (exact) mass is 262 g/mol. The molecule has 0 aromatic heterocycles. The van der Waals surface area contributed by atoms with Crippen LogP contribution >= 0.6 is 0 Å². The van der Waals surface area contributed by atoms with Crippen molar-refractivity contribution in [3.63, 3.8) is 0 Å². The van der Waals surface area contributed by atoms with Crippen molar-refractivity contribution in [1.29, 1.82) is 0 Å². The van der Waals surface area contributed by atoms with Gasteiger partial charge in [-0.15, -0.1) is 0 Å². The zero-order chi connectivity index (χ0) is 13.6. The Hall–Kier alpha value is -1.77. The Balaban J connectivity index is 2.27. The smallest absolute Gasteiger partial charge is 0.134 e. The Kier molecular flexibility index (Phi) is 2.85. The maximum atomic E-state index is 14.0. The molecule has 0 nitrogen and oxygen atoms in total. The maximum absolute atomic E-state index is 14.0. The highest BCUT2D eigenvalue weighted by molar-refractivity contribution is 5.71. The van der Waals surface area contributed by atoms with E-state index in [0.717, 1.165) is 12.0 Å². The van der Waals surface area contributed by atoms with E-state index in [1.807, 2.05) is 0 Å². The van der Waals surface area contributed by atoms with Crippen molar-refractivity contribution in [1.82, 2.24) is 0 Å². The standard InChI is InChI=1S/C16H13F3/c1-9-7-14(18)16(15(19)8-9)12-5-6-13(17)11-4-2-3-10(11)12/h5-8H,2-4H2,1H3. The lowest BCUT2D eigenvalue weighted by Crippen LogP contribution is -1.98. The second-order valence-electron chi connectivity index (χ2n) is 5.01. The minimum absolute atomic E-state index is 0.0382. The van der Waals surface area contributed by atoms with Crippen molar-refractivity contribution in [3.05, 3.63) is 58.4 Å². The van der Waals surface area contributed by atoms with Gasteiger partial charge < -0.3 is 0 Å². The van der Waals surface area contributed by atoms with E-state index in [-0.39, 0.29) is 11.4 Å². The van der Waals surface area contributed by atoms with Gasteiger partial charge in [-0.2, -0.15) is 0 Å². The van der Waals surface area contributed by atoms with E-state index >= 15 is 0 Å². The van der Waals surface area contributed by atoms with Gasteiger partial charge >= 0.3 is 0 Å². The van der Waals surface area contributed by atoms with Gasteiger partial charge in [0.1, 0.15) is 17.5 Å². The molecule has 0 amide bonds. The molecular weight excluding hydrogens is 249 g/mol. The highest BCUT2D eigenvalue weighted by atomic mass is 19.1. The number of hydrogen-bond donors (Lipinski definition) is 0. The highest BCUT2D eigenvalue weighted by Crippen LogP contribution is 2.36. The predicted octanol–water partition coefficient (Wildman–Crippen LogP) is 4.57. The lowest BCUT2D eigenvalue weighted by Gasteiger charge is -2.12. The molecule has 0 aliphatic heterocycles. The summed E-state index contributed by atoms with van der Waals surface area (Å²) in [5.74, 6) is -1.44. The molecule has 2 aromatic rings. The molecule has 0 fully saturated rings. The number of hydrogen-bond acceptors (Lipinski definition) is 0. The number of fused-ring (bicyclic) bond motifs is 1. The quantitative estimate of drug-likeness (QED) is 0.706. The van der Waals surface area contributed by atoms with Crippen LogP contribution in [-0.4, -0.2) is 0 Å². The van der Waals surface area contributed by atoms with Gasteiger partial charge in [-0.25, -0.2) is 13.2 Å². The second-order valence-corrected chi connectivity index (χ2v) is 5.01. The first kappa shape index (κ1) is 12.3. The Morgan fingerprint density at radius 3 is 2.16 bits per heavy atom. The molecule has 0 N–H and O–H groups in total. The van der Waals surface area contributed by atoms with Crippen molar-refractivity contribution in [2.45, 2.75) is 26.2 Å². The summed E-state index contributed by atoms with van der Waals surface area (Å²) in [7, 11) is 0. The molecule has 0 heterocycles. The molecule has 1 aliphatic rings. The summed E-state index contributed by atoms with van der Waals surface area (Å²) in [5, 5.41) is 0. The maximum Gasteiger partial charge on any atom is 0.134 e. The number of benzene rings is 2. The van der Waals surface area contributed by atoms with Gasteiger partial charge in [0.2, 0.25) is 0 Å². The van der Waals surface area contributed by atoms with Crippen LogP contribution in [0.25, 0.3) is 11.1 Å². The highest BCUT2D eigenvalue weighted by Gasteiger charge is 2.23. The summed E-state index contributed by atoms with van der Waals surface area (Å²) in [4.78, 5) is 0. The topological polar surface area (TPSA) is 0 Å². The number of rotatable bonds is 1. The fourth-order valence-electron chi connectivity index (χ4n) is 2.85. The van der Waals surface area contributed by atoms with E-state index in [2.05, 4.69) is 0 Å². The first-order valence-corrected chi connectivity index (χ1v) is 6.34. The van der Waals surface area contributed by atoms with Crippen LogP contribution in [0.3, 0.4) is 0 Å². The van der Waals surface area contributed by atoms with Gasteiger partial charge in [-0.3, -0.25) is 0 Å². The van der Waals surface area contributed by atoms with Gasteiger partial charge in [-0.1, -0.05) is 6.07 Å². The molecule has 3 heteroatoms. The third kappa shape index (κ3) is 1.93. The molecule has 19 heavy (non-hydrogen) atoms. The fraction of sp³-hybridized carbons (Fsp3) is 0.250. The van der Waals surface area contributed by atoms with E-state index in [1.165, 1.54) is 24.3 Å². The first-order valence-electron chi connectivity index (χ1n) is 6.34. The second kappa shape index (κ2) is 4.41. The minimum Gasteiger partial charge on any atom is -0.207 e. The molecule has 0 unspecified atom stereocenters. The summed E-state index contributed by atoms with van der Waals surface area (Å²) in [6, 6.07) is 5.40. The SMILES string of the molecule is Cc1cc(F)c(-c2ccc(F)c3c2CCC3)c(F)c1. The van der Waals surface area contributed by atoms with Crippen LogP contribution in [0.1, 0.15) is 23.1 Å². The Labute approximate surface area is 109 Å².